The van der Waals surface area contributed by atoms with Crippen LogP contribution in [0.1, 0.15) is 26.3 Å². The molecule has 1 aromatic carbocycles. The van der Waals surface area contributed by atoms with E-state index in [2.05, 4.69) is 23.4 Å². The highest BCUT2D eigenvalue weighted by Gasteiger charge is 2.16. The van der Waals surface area contributed by atoms with Gasteiger partial charge in [0, 0.05) is 11.1 Å². The van der Waals surface area contributed by atoms with Gasteiger partial charge < -0.3 is 9.67 Å². The third kappa shape index (κ3) is 3.04. The maximum Gasteiger partial charge on any atom is 0.313 e. The second-order valence-corrected chi connectivity index (χ2v) is 5.72. The van der Waals surface area contributed by atoms with Crippen LogP contribution in [0.5, 0.6) is 0 Å². The van der Waals surface area contributed by atoms with Crippen LogP contribution >= 0.6 is 23.4 Å². The molecule has 0 spiro atoms. The van der Waals surface area contributed by atoms with Gasteiger partial charge >= 0.3 is 5.97 Å². The van der Waals surface area contributed by atoms with Crippen LogP contribution in [0.2, 0.25) is 5.02 Å². The van der Waals surface area contributed by atoms with Crippen molar-refractivity contribution in [1.29, 1.82) is 0 Å². The van der Waals surface area contributed by atoms with E-state index in [1.807, 2.05) is 12.1 Å². The number of hydrogen-bond acceptors (Lipinski definition) is 3. The van der Waals surface area contributed by atoms with Gasteiger partial charge in [0.25, 0.3) is 0 Å². The molecule has 0 aliphatic rings. The summed E-state index contributed by atoms with van der Waals surface area (Å²) >= 11 is 7.27. The number of hydrogen-bond donors (Lipinski definition) is 1. The quantitative estimate of drug-likeness (QED) is 0.852. The number of fused-ring (bicyclic) bond motifs is 1. The van der Waals surface area contributed by atoms with Crippen LogP contribution in [0.15, 0.2) is 23.4 Å². The van der Waals surface area contributed by atoms with Crippen LogP contribution in [0.3, 0.4) is 0 Å². The topological polar surface area (TPSA) is 55.1 Å². The van der Waals surface area contributed by atoms with Crippen molar-refractivity contribution in [2.45, 2.75) is 31.5 Å². The zero-order valence-electron chi connectivity index (χ0n) is 10.8. The summed E-state index contributed by atoms with van der Waals surface area (Å²) in [5.41, 5.74) is 1.80. The highest BCUT2D eigenvalue weighted by atomic mass is 35.5. The number of nitrogens with zero attached hydrogens (tertiary/aromatic N) is 2. The first-order chi connectivity index (χ1) is 9.02. The lowest BCUT2D eigenvalue weighted by Gasteiger charge is -2.15. The van der Waals surface area contributed by atoms with E-state index >= 15 is 0 Å². The Hall–Kier alpha value is -1.20. The minimum absolute atomic E-state index is 0.00743. The molecule has 2 rings (SSSR count). The Morgan fingerprint density at radius 3 is 2.95 bits per heavy atom. The van der Waals surface area contributed by atoms with Gasteiger partial charge in [0.15, 0.2) is 5.16 Å². The zero-order chi connectivity index (χ0) is 14.0. The number of carboxylic acids is 1. The minimum Gasteiger partial charge on any atom is -0.481 e. The lowest BCUT2D eigenvalue weighted by molar-refractivity contribution is -0.133. The van der Waals surface area contributed by atoms with Crippen LogP contribution in [0, 0.1) is 0 Å². The average Bonchev–Trinajstić information content (AvgIpc) is 2.73. The molecule has 102 valence electrons. The van der Waals surface area contributed by atoms with Gasteiger partial charge in [-0.15, -0.1) is 0 Å². The summed E-state index contributed by atoms with van der Waals surface area (Å²) in [5.74, 6) is -0.834. The SMILES string of the molecule is CCC(C)n1c(SCC(=O)O)nc2ccc(Cl)cc21. The van der Waals surface area contributed by atoms with Gasteiger partial charge in [0.1, 0.15) is 0 Å². The monoisotopic (exact) mass is 298 g/mol. The van der Waals surface area contributed by atoms with Crippen LogP contribution in [-0.4, -0.2) is 26.4 Å². The minimum atomic E-state index is -0.842. The molecule has 1 unspecified atom stereocenters. The lowest BCUT2D eigenvalue weighted by Crippen LogP contribution is -2.07. The van der Waals surface area contributed by atoms with E-state index in [0.29, 0.717) is 5.02 Å². The second kappa shape index (κ2) is 5.84. The molecule has 0 fully saturated rings. The third-order valence-electron chi connectivity index (χ3n) is 2.98. The maximum absolute atomic E-state index is 10.7. The first-order valence-electron chi connectivity index (χ1n) is 6.05. The molecule has 0 radical (unpaired) electrons. The summed E-state index contributed by atoms with van der Waals surface area (Å²) in [6.07, 6.45) is 0.943. The standard InChI is InChI=1S/C13H15ClN2O2S/c1-3-8(2)16-11-6-9(14)4-5-10(11)15-13(16)19-7-12(17)18/h4-6,8H,3,7H2,1-2H3,(H,17,18). The van der Waals surface area contributed by atoms with Gasteiger partial charge in [0.05, 0.1) is 16.8 Å². The van der Waals surface area contributed by atoms with Gasteiger partial charge in [-0.05, 0) is 31.5 Å². The molecule has 1 N–H and O–H groups in total. The zero-order valence-corrected chi connectivity index (χ0v) is 12.3. The van der Waals surface area contributed by atoms with Crippen molar-refractivity contribution in [3.05, 3.63) is 23.2 Å². The molecule has 0 saturated heterocycles. The molecular formula is C13H15ClN2O2S. The molecular weight excluding hydrogens is 284 g/mol. The smallest absolute Gasteiger partial charge is 0.313 e. The fraction of sp³-hybridized carbons (Fsp3) is 0.385. The molecule has 0 amide bonds. The Morgan fingerprint density at radius 1 is 1.58 bits per heavy atom. The number of carboxylic acid groups (broad SMARTS) is 1. The van der Waals surface area contributed by atoms with Crippen molar-refractivity contribution in [3.63, 3.8) is 0 Å². The van der Waals surface area contributed by atoms with Gasteiger partial charge in [0.2, 0.25) is 0 Å². The number of aliphatic carboxylic acids is 1. The van der Waals surface area contributed by atoms with E-state index in [1.54, 1.807) is 6.07 Å². The first-order valence-corrected chi connectivity index (χ1v) is 7.41. The largest absolute Gasteiger partial charge is 0.481 e. The van der Waals surface area contributed by atoms with E-state index in [0.717, 1.165) is 22.6 Å². The first kappa shape index (κ1) is 14.2. The van der Waals surface area contributed by atoms with E-state index in [1.165, 1.54) is 11.8 Å². The summed E-state index contributed by atoms with van der Waals surface area (Å²) in [4.78, 5) is 15.2. The maximum atomic E-state index is 10.7. The van der Waals surface area contributed by atoms with Crippen LogP contribution in [-0.2, 0) is 4.79 Å². The molecule has 19 heavy (non-hydrogen) atoms. The predicted octanol–water partition coefficient (Wildman–Crippen LogP) is 3.84. The van der Waals surface area contributed by atoms with E-state index in [4.69, 9.17) is 16.7 Å². The van der Waals surface area contributed by atoms with Crippen molar-refractivity contribution in [3.8, 4) is 0 Å². The molecule has 2 aromatic rings. The fourth-order valence-corrected chi connectivity index (χ4v) is 2.88. The number of aromatic nitrogens is 2. The normalized spacial score (nSPS) is 12.8. The van der Waals surface area contributed by atoms with Gasteiger partial charge in [-0.1, -0.05) is 30.3 Å². The van der Waals surface area contributed by atoms with Gasteiger partial charge in [-0.2, -0.15) is 0 Å². The molecule has 6 heteroatoms. The Morgan fingerprint density at radius 2 is 2.32 bits per heavy atom. The molecule has 1 atom stereocenters. The Kier molecular flexibility index (Phi) is 4.37. The Bertz CT molecular complexity index is 612. The summed E-state index contributed by atoms with van der Waals surface area (Å²) < 4.78 is 2.06. The molecule has 1 heterocycles. The van der Waals surface area contributed by atoms with Crippen LogP contribution in [0.25, 0.3) is 11.0 Å². The van der Waals surface area contributed by atoms with Crippen molar-refractivity contribution < 1.29 is 9.90 Å². The van der Waals surface area contributed by atoms with E-state index in [9.17, 15) is 4.79 Å². The highest BCUT2D eigenvalue weighted by Crippen LogP contribution is 2.30. The number of benzene rings is 1. The fourth-order valence-electron chi connectivity index (χ4n) is 1.88. The Balaban J connectivity index is 2.51. The van der Waals surface area contributed by atoms with Crippen molar-refractivity contribution >= 4 is 40.4 Å². The lowest BCUT2D eigenvalue weighted by atomic mass is 10.2. The highest BCUT2D eigenvalue weighted by molar-refractivity contribution is 7.99. The van der Waals surface area contributed by atoms with E-state index < -0.39 is 5.97 Å². The molecule has 4 nitrogen and oxygen atoms in total. The number of halogens is 1. The molecule has 0 aliphatic carbocycles. The van der Waals surface area contributed by atoms with Crippen LogP contribution < -0.4 is 0 Å². The number of rotatable bonds is 5. The number of imidazole rings is 1. The summed E-state index contributed by atoms with van der Waals surface area (Å²) in [7, 11) is 0. The molecule has 1 aromatic heterocycles. The Labute approximate surface area is 120 Å². The molecule has 0 saturated carbocycles. The van der Waals surface area contributed by atoms with Gasteiger partial charge in [-0.25, -0.2) is 4.98 Å². The van der Waals surface area contributed by atoms with E-state index in [-0.39, 0.29) is 11.8 Å². The van der Waals surface area contributed by atoms with Crippen molar-refractivity contribution in [2.24, 2.45) is 0 Å². The molecule has 0 aliphatic heterocycles. The predicted molar refractivity (Wildman–Crippen MR) is 78.1 cm³/mol. The number of carbonyl (C=O) groups is 1. The third-order valence-corrected chi connectivity index (χ3v) is 4.15. The molecule has 0 bridgehead atoms. The van der Waals surface area contributed by atoms with Crippen molar-refractivity contribution in [1.82, 2.24) is 9.55 Å². The summed E-state index contributed by atoms with van der Waals surface area (Å²) in [6.45, 7) is 4.18. The average molecular weight is 299 g/mol. The van der Waals surface area contributed by atoms with Crippen molar-refractivity contribution in [2.75, 3.05) is 5.75 Å². The number of thioether (sulfide) groups is 1. The van der Waals surface area contributed by atoms with Gasteiger partial charge in [-0.3, -0.25) is 4.79 Å². The second-order valence-electron chi connectivity index (χ2n) is 4.34. The summed E-state index contributed by atoms with van der Waals surface area (Å²) in [6, 6.07) is 5.78. The van der Waals surface area contributed by atoms with Crippen LogP contribution in [0.4, 0.5) is 0 Å². The summed E-state index contributed by atoms with van der Waals surface area (Å²) in [5, 5.41) is 10.2.